The van der Waals surface area contributed by atoms with Crippen molar-refractivity contribution in [3.8, 4) is 0 Å². The standard InChI is InChI=1S/C12H22N2O2/c1-14(7-8-16-9-10-5-6-10)12(15)13-11-3-2-4-11/h10-11H,2-9H2,1H3,(H,13,15). The Morgan fingerprint density at radius 1 is 1.38 bits per heavy atom. The van der Waals surface area contributed by atoms with Gasteiger partial charge in [0.15, 0.2) is 0 Å². The molecule has 2 aliphatic rings. The molecule has 4 nitrogen and oxygen atoms in total. The lowest BCUT2D eigenvalue weighted by molar-refractivity contribution is 0.106. The van der Waals surface area contributed by atoms with Crippen LogP contribution in [0.2, 0.25) is 0 Å². The highest BCUT2D eigenvalue weighted by Crippen LogP contribution is 2.28. The van der Waals surface area contributed by atoms with Crippen LogP contribution in [-0.2, 0) is 4.74 Å². The fourth-order valence-electron chi connectivity index (χ4n) is 1.67. The second-order valence-corrected chi connectivity index (χ2v) is 5.02. The molecule has 0 aromatic carbocycles. The van der Waals surface area contributed by atoms with Crippen molar-refractivity contribution in [3.63, 3.8) is 0 Å². The fourth-order valence-corrected chi connectivity index (χ4v) is 1.67. The molecule has 0 atom stereocenters. The molecule has 2 aliphatic carbocycles. The number of hydrogen-bond donors (Lipinski definition) is 1. The lowest BCUT2D eigenvalue weighted by Gasteiger charge is -2.29. The van der Waals surface area contributed by atoms with Crippen molar-refractivity contribution in [1.82, 2.24) is 10.2 Å². The molecule has 92 valence electrons. The average molecular weight is 226 g/mol. The first-order valence-electron chi connectivity index (χ1n) is 6.35. The van der Waals surface area contributed by atoms with Gasteiger partial charge in [-0.3, -0.25) is 0 Å². The number of carbonyl (C=O) groups is 1. The van der Waals surface area contributed by atoms with Crippen LogP contribution in [0.3, 0.4) is 0 Å². The summed E-state index contributed by atoms with van der Waals surface area (Å²) in [6.45, 7) is 2.22. The molecule has 0 saturated heterocycles. The lowest BCUT2D eigenvalue weighted by atomic mass is 9.93. The van der Waals surface area contributed by atoms with E-state index in [1.807, 2.05) is 7.05 Å². The number of nitrogens with zero attached hydrogens (tertiary/aromatic N) is 1. The van der Waals surface area contributed by atoms with E-state index in [4.69, 9.17) is 4.74 Å². The van der Waals surface area contributed by atoms with Crippen LogP contribution in [0.25, 0.3) is 0 Å². The van der Waals surface area contributed by atoms with E-state index in [0.29, 0.717) is 19.2 Å². The minimum absolute atomic E-state index is 0.0414. The van der Waals surface area contributed by atoms with Gasteiger partial charge in [0.25, 0.3) is 0 Å². The Hall–Kier alpha value is -0.770. The summed E-state index contributed by atoms with van der Waals surface area (Å²) in [7, 11) is 1.83. The van der Waals surface area contributed by atoms with Crippen LogP contribution in [0, 0.1) is 5.92 Å². The highest BCUT2D eigenvalue weighted by molar-refractivity contribution is 5.74. The molecule has 2 amide bonds. The molecule has 0 radical (unpaired) electrons. The third-order valence-corrected chi connectivity index (χ3v) is 3.40. The average Bonchev–Trinajstić information content (AvgIpc) is 3.01. The summed E-state index contributed by atoms with van der Waals surface area (Å²) in [5, 5.41) is 3.01. The van der Waals surface area contributed by atoms with Crippen LogP contribution in [0.5, 0.6) is 0 Å². The van der Waals surface area contributed by atoms with E-state index in [1.54, 1.807) is 4.90 Å². The molecule has 0 aliphatic heterocycles. The third kappa shape index (κ3) is 3.67. The zero-order valence-corrected chi connectivity index (χ0v) is 10.1. The van der Waals surface area contributed by atoms with E-state index in [1.165, 1.54) is 19.3 Å². The predicted octanol–water partition coefficient (Wildman–Crippen LogP) is 1.61. The molecule has 0 unspecified atom stereocenters. The first-order chi connectivity index (χ1) is 7.75. The lowest BCUT2D eigenvalue weighted by Crippen LogP contribution is -2.46. The summed E-state index contributed by atoms with van der Waals surface area (Å²) in [6, 6.07) is 0.460. The molecular weight excluding hydrogens is 204 g/mol. The van der Waals surface area contributed by atoms with Crippen molar-refractivity contribution in [2.24, 2.45) is 5.92 Å². The SMILES string of the molecule is CN(CCOCC1CC1)C(=O)NC1CCC1. The molecular formula is C12H22N2O2. The zero-order valence-electron chi connectivity index (χ0n) is 10.1. The molecule has 0 aromatic heterocycles. The maximum Gasteiger partial charge on any atom is 0.317 e. The van der Waals surface area contributed by atoms with Crippen LogP contribution in [0.1, 0.15) is 32.1 Å². The monoisotopic (exact) mass is 226 g/mol. The number of ether oxygens (including phenoxy) is 1. The van der Waals surface area contributed by atoms with Gasteiger partial charge in [0, 0.05) is 26.2 Å². The Bertz CT molecular complexity index is 237. The van der Waals surface area contributed by atoms with Crippen molar-refractivity contribution in [1.29, 1.82) is 0 Å². The summed E-state index contributed by atoms with van der Waals surface area (Å²) in [4.78, 5) is 13.4. The largest absolute Gasteiger partial charge is 0.379 e. The number of urea groups is 1. The van der Waals surface area contributed by atoms with E-state index in [9.17, 15) is 4.79 Å². The van der Waals surface area contributed by atoms with Crippen LogP contribution in [0.15, 0.2) is 0 Å². The number of hydrogen-bond acceptors (Lipinski definition) is 2. The van der Waals surface area contributed by atoms with Gasteiger partial charge < -0.3 is 15.0 Å². The van der Waals surface area contributed by atoms with Crippen LogP contribution in [-0.4, -0.2) is 43.8 Å². The van der Waals surface area contributed by atoms with E-state index >= 15 is 0 Å². The van der Waals surface area contributed by atoms with Crippen molar-refractivity contribution in [3.05, 3.63) is 0 Å². The smallest absolute Gasteiger partial charge is 0.317 e. The van der Waals surface area contributed by atoms with Crippen LogP contribution >= 0.6 is 0 Å². The van der Waals surface area contributed by atoms with Gasteiger partial charge in [-0.2, -0.15) is 0 Å². The number of amides is 2. The normalized spacial score (nSPS) is 20.3. The van der Waals surface area contributed by atoms with Crippen molar-refractivity contribution >= 4 is 6.03 Å². The molecule has 2 rings (SSSR count). The molecule has 0 aromatic rings. The molecule has 1 N–H and O–H groups in total. The summed E-state index contributed by atoms with van der Waals surface area (Å²) >= 11 is 0. The Kier molecular flexibility index (Phi) is 4.04. The van der Waals surface area contributed by atoms with Crippen molar-refractivity contribution in [2.45, 2.75) is 38.1 Å². The van der Waals surface area contributed by atoms with Gasteiger partial charge >= 0.3 is 6.03 Å². The summed E-state index contributed by atoms with van der Waals surface area (Å²) < 4.78 is 5.50. The zero-order chi connectivity index (χ0) is 11.4. The topological polar surface area (TPSA) is 41.6 Å². The number of rotatable bonds is 6. The van der Waals surface area contributed by atoms with Crippen LogP contribution < -0.4 is 5.32 Å². The second kappa shape index (κ2) is 5.53. The summed E-state index contributed by atoms with van der Waals surface area (Å²) in [6.07, 6.45) is 6.16. The Balaban J connectivity index is 1.50. The highest BCUT2D eigenvalue weighted by atomic mass is 16.5. The van der Waals surface area contributed by atoms with E-state index < -0.39 is 0 Å². The Labute approximate surface area is 97.3 Å². The van der Waals surface area contributed by atoms with E-state index in [-0.39, 0.29) is 6.03 Å². The maximum absolute atomic E-state index is 11.6. The van der Waals surface area contributed by atoms with Gasteiger partial charge in [0.1, 0.15) is 0 Å². The Morgan fingerprint density at radius 2 is 2.12 bits per heavy atom. The molecule has 0 heterocycles. The molecule has 2 saturated carbocycles. The fraction of sp³-hybridized carbons (Fsp3) is 0.917. The minimum Gasteiger partial charge on any atom is -0.379 e. The van der Waals surface area contributed by atoms with Gasteiger partial charge in [-0.15, -0.1) is 0 Å². The van der Waals surface area contributed by atoms with Gasteiger partial charge in [0.05, 0.1) is 6.61 Å². The van der Waals surface area contributed by atoms with Gasteiger partial charge in [-0.1, -0.05) is 0 Å². The Morgan fingerprint density at radius 3 is 2.69 bits per heavy atom. The molecule has 2 fully saturated rings. The molecule has 0 spiro atoms. The first-order valence-corrected chi connectivity index (χ1v) is 6.35. The van der Waals surface area contributed by atoms with Gasteiger partial charge in [-0.05, 0) is 38.0 Å². The molecule has 16 heavy (non-hydrogen) atoms. The molecule has 0 bridgehead atoms. The quantitative estimate of drug-likeness (QED) is 0.699. The minimum atomic E-state index is 0.0414. The number of likely N-dealkylation sites (N-methyl/N-ethyl adjacent to an activating group) is 1. The van der Waals surface area contributed by atoms with Gasteiger partial charge in [-0.25, -0.2) is 4.79 Å². The first kappa shape index (κ1) is 11.7. The third-order valence-electron chi connectivity index (χ3n) is 3.40. The van der Waals surface area contributed by atoms with E-state index in [2.05, 4.69) is 5.32 Å². The number of carbonyl (C=O) groups excluding carboxylic acids is 1. The van der Waals surface area contributed by atoms with E-state index in [0.717, 1.165) is 25.4 Å². The second-order valence-electron chi connectivity index (χ2n) is 5.02. The van der Waals surface area contributed by atoms with Crippen molar-refractivity contribution < 1.29 is 9.53 Å². The van der Waals surface area contributed by atoms with Gasteiger partial charge in [0.2, 0.25) is 0 Å². The maximum atomic E-state index is 11.6. The highest BCUT2D eigenvalue weighted by Gasteiger charge is 2.22. The number of nitrogens with one attached hydrogen (secondary N) is 1. The summed E-state index contributed by atoms with van der Waals surface area (Å²) in [5.74, 6) is 0.800. The summed E-state index contributed by atoms with van der Waals surface area (Å²) in [5.41, 5.74) is 0. The van der Waals surface area contributed by atoms with Crippen molar-refractivity contribution in [2.75, 3.05) is 26.8 Å². The predicted molar refractivity (Wildman–Crippen MR) is 62.3 cm³/mol. The molecule has 4 heteroatoms. The van der Waals surface area contributed by atoms with Crippen LogP contribution in [0.4, 0.5) is 4.79 Å².